The van der Waals surface area contributed by atoms with E-state index in [0.29, 0.717) is 17.7 Å². The smallest absolute Gasteiger partial charge is 0.247 e. The van der Waals surface area contributed by atoms with Crippen molar-refractivity contribution in [1.29, 1.82) is 0 Å². The van der Waals surface area contributed by atoms with Gasteiger partial charge in [-0.15, -0.1) is 0 Å². The molecular formula is C18H20ClN3O. The monoisotopic (exact) mass is 329 g/mol. The fourth-order valence-electron chi connectivity index (χ4n) is 2.64. The molecule has 1 fully saturated rings. The first-order valence-electron chi connectivity index (χ1n) is 7.78. The minimum Gasteiger partial charge on any atom is -0.332 e. The number of benzene rings is 1. The van der Waals surface area contributed by atoms with Crippen molar-refractivity contribution in [1.82, 2.24) is 14.7 Å². The van der Waals surface area contributed by atoms with Crippen LogP contribution in [0, 0.1) is 6.92 Å². The summed E-state index contributed by atoms with van der Waals surface area (Å²) >= 11 is 6.21. The maximum atomic E-state index is 12.6. The number of hydrogen-bond acceptors (Lipinski definition) is 2. The van der Waals surface area contributed by atoms with Gasteiger partial charge in [-0.05, 0) is 31.4 Å². The Kier molecular flexibility index (Phi) is 4.53. The predicted molar refractivity (Wildman–Crippen MR) is 92.0 cm³/mol. The summed E-state index contributed by atoms with van der Waals surface area (Å²) in [5, 5.41) is 4.81. The molecular weight excluding hydrogens is 310 g/mol. The summed E-state index contributed by atoms with van der Waals surface area (Å²) in [6, 6.07) is 10.4. The van der Waals surface area contributed by atoms with E-state index in [9.17, 15) is 4.79 Å². The van der Waals surface area contributed by atoms with Gasteiger partial charge in [0, 0.05) is 31.3 Å². The van der Waals surface area contributed by atoms with Crippen molar-refractivity contribution >= 4 is 23.6 Å². The van der Waals surface area contributed by atoms with E-state index in [1.807, 2.05) is 30.0 Å². The van der Waals surface area contributed by atoms with E-state index in [4.69, 9.17) is 11.6 Å². The zero-order chi connectivity index (χ0) is 16.4. The molecule has 120 valence electrons. The third kappa shape index (κ3) is 3.64. The second kappa shape index (κ2) is 6.59. The van der Waals surface area contributed by atoms with Crippen molar-refractivity contribution in [2.75, 3.05) is 0 Å². The van der Waals surface area contributed by atoms with Crippen molar-refractivity contribution in [2.24, 2.45) is 7.05 Å². The summed E-state index contributed by atoms with van der Waals surface area (Å²) in [4.78, 5) is 14.5. The molecule has 1 aliphatic rings. The van der Waals surface area contributed by atoms with Crippen molar-refractivity contribution in [3.63, 3.8) is 0 Å². The normalized spacial score (nSPS) is 14.4. The largest absolute Gasteiger partial charge is 0.332 e. The standard InChI is InChI=1S/C18H20ClN3O/c1-13-16(18(19)21(2)20-13)10-11-17(23)22(15-8-9-15)12-14-6-4-3-5-7-14/h3-7,10-11,15H,8-9,12H2,1-2H3/b11-10+. The van der Waals surface area contributed by atoms with Gasteiger partial charge in [-0.1, -0.05) is 41.9 Å². The Morgan fingerprint density at radius 1 is 1.39 bits per heavy atom. The number of carbonyl (C=O) groups excluding carboxylic acids is 1. The number of amides is 1. The number of rotatable bonds is 5. The average Bonchev–Trinajstić information content (AvgIpc) is 3.34. The topological polar surface area (TPSA) is 38.1 Å². The fourth-order valence-corrected chi connectivity index (χ4v) is 2.88. The van der Waals surface area contributed by atoms with Crippen LogP contribution in [-0.4, -0.2) is 26.6 Å². The van der Waals surface area contributed by atoms with E-state index in [0.717, 1.165) is 29.7 Å². The highest BCUT2D eigenvalue weighted by Crippen LogP contribution is 2.29. The molecule has 1 saturated carbocycles. The van der Waals surface area contributed by atoms with Crippen molar-refractivity contribution in [3.05, 3.63) is 58.4 Å². The molecule has 23 heavy (non-hydrogen) atoms. The minimum absolute atomic E-state index is 0.0238. The zero-order valence-corrected chi connectivity index (χ0v) is 14.1. The first-order chi connectivity index (χ1) is 11.1. The van der Waals surface area contributed by atoms with E-state index in [2.05, 4.69) is 17.2 Å². The highest BCUT2D eigenvalue weighted by Gasteiger charge is 2.31. The van der Waals surface area contributed by atoms with Crippen LogP contribution in [0.4, 0.5) is 0 Å². The van der Waals surface area contributed by atoms with Gasteiger partial charge < -0.3 is 4.90 Å². The molecule has 4 nitrogen and oxygen atoms in total. The number of nitrogens with zero attached hydrogens (tertiary/aromatic N) is 3. The molecule has 0 radical (unpaired) electrons. The lowest BCUT2D eigenvalue weighted by Gasteiger charge is -2.21. The second-order valence-electron chi connectivity index (χ2n) is 5.93. The SMILES string of the molecule is Cc1nn(C)c(Cl)c1/C=C/C(=O)N(Cc1ccccc1)C1CC1. The van der Waals surface area contributed by atoms with Crippen molar-refractivity contribution in [2.45, 2.75) is 32.4 Å². The summed E-state index contributed by atoms with van der Waals surface area (Å²) in [7, 11) is 1.79. The lowest BCUT2D eigenvalue weighted by Crippen LogP contribution is -2.31. The van der Waals surface area contributed by atoms with Crippen LogP contribution in [0.1, 0.15) is 29.7 Å². The van der Waals surface area contributed by atoms with Crippen molar-refractivity contribution < 1.29 is 4.79 Å². The molecule has 1 amide bonds. The summed E-state index contributed by atoms with van der Waals surface area (Å²) in [5.41, 5.74) is 2.78. The quantitative estimate of drug-likeness (QED) is 0.786. The fraction of sp³-hybridized carbons (Fsp3) is 0.333. The molecule has 0 atom stereocenters. The minimum atomic E-state index is 0.0238. The van der Waals surface area contributed by atoms with Crippen LogP contribution < -0.4 is 0 Å². The highest BCUT2D eigenvalue weighted by atomic mass is 35.5. The van der Waals surface area contributed by atoms with Gasteiger partial charge in [-0.3, -0.25) is 9.48 Å². The summed E-state index contributed by atoms with van der Waals surface area (Å²) < 4.78 is 1.61. The summed E-state index contributed by atoms with van der Waals surface area (Å²) in [6.07, 6.45) is 5.54. The molecule has 0 aliphatic heterocycles. The second-order valence-corrected chi connectivity index (χ2v) is 6.29. The van der Waals surface area contributed by atoms with Gasteiger partial charge in [-0.25, -0.2) is 0 Å². The number of carbonyl (C=O) groups is 1. The molecule has 5 heteroatoms. The van der Waals surface area contributed by atoms with Crippen LogP contribution in [0.2, 0.25) is 5.15 Å². The van der Waals surface area contributed by atoms with Crippen LogP contribution in [0.5, 0.6) is 0 Å². The number of halogens is 1. The van der Waals surface area contributed by atoms with E-state index < -0.39 is 0 Å². The molecule has 1 aromatic heterocycles. The molecule has 1 aromatic carbocycles. The summed E-state index contributed by atoms with van der Waals surface area (Å²) in [6.45, 7) is 2.53. The Bertz CT molecular complexity index is 732. The van der Waals surface area contributed by atoms with Crippen LogP contribution in [0.15, 0.2) is 36.4 Å². The first-order valence-corrected chi connectivity index (χ1v) is 8.15. The van der Waals surface area contributed by atoms with Gasteiger partial charge in [0.1, 0.15) is 5.15 Å². The highest BCUT2D eigenvalue weighted by molar-refractivity contribution is 6.31. The predicted octanol–water partition coefficient (Wildman–Crippen LogP) is 3.59. The number of aromatic nitrogens is 2. The lowest BCUT2D eigenvalue weighted by atomic mass is 10.2. The van der Waals surface area contributed by atoms with Crippen LogP contribution in [-0.2, 0) is 18.4 Å². The maximum Gasteiger partial charge on any atom is 0.247 e. The van der Waals surface area contributed by atoms with Gasteiger partial charge in [-0.2, -0.15) is 5.10 Å². The Morgan fingerprint density at radius 2 is 2.09 bits per heavy atom. The Labute approximate surface area is 141 Å². The molecule has 0 saturated heterocycles. The van der Waals surface area contributed by atoms with Crippen molar-refractivity contribution in [3.8, 4) is 0 Å². The molecule has 0 bridgehead atoms. The van der Waals surface area contributed by atoms with Gasteiger partial charge in [0.15, 0.2) is 0 Å². The Balaban J connectivity index is 1.75. The third-order valence-corrected chi connectivity index (χ3v) is 4.50. The van der Waals surface area contributed by atoms with Crippen LogP contribution in [0.3, 0.4) is 0 Å². The average molecular weight is 330 g/mol. The van der Waals surface area contributed by atoms with E-state index in [1.54, 1.807) is 23.9 Å². The Hall–Kier alpha value is -2.07. The molecule has 1 aliphatic carbocycles. The molecule has 0 unspecified atom stereocenters. The van der Waals surface area contributed by atoms with E-state index >= 15 is 0 Å². The van der Waals surface area contributed by atoms with Gasteiger partial charge >= 0.3 is 0 Å². The molecule has 3 rings (SSSR count). The molecule has 0 N–H and O–H groups in total. The maximum absolute atomic E-state index is 12.6. The summed E-state index contributed by atoms with van der Waals surface area (Å²) in [5.74, 6) is 0.0238. The van der Waals surface area contributed by atoms with E-state index in [-0.39, 0.29) is 5.91 Å². The molecule has 2 aromatic rings. The van der Waals surface area contributed by atoms with Crippen LogP contribution >= 0.6 is 11.6 Å². The van der Waals surface area contributed by atoms with Gasteiger partial charge in [0.2, 0.25) is 5.91 Å². The van der Waals surface area contributed by atoms with Gasteiger partial charge in [0.25, 0.3) is 0 Å². The van der Waals surface area contributed by atoms with Gasteiger partial charge in [0.05, 0.1) is 5.69 Å². The first kappa shape index (κ1) is 15.8. The Morgan fingerprint density at radius 3 is 2.65 bits per heavy atom. The zero-order valence-electron chi connectivity index (χ0n) is 13.4. The molecule has 1 heterocycles. The molecule has 0 spiro atoms. The lowest BCUT2D eigenvalue weighted by molar-refractivity contribution is -0.127. The third-order valence-electron chi connectivity index (χ3n) is 4.06. The number of aryl methyl sites for hydroxylation is 2. The number of hydrogen-bond donors (Lipinski definition) is 0. The van der Waals surface area contributed by atoms with Crippen LogP contribution in [0.25, 0.3) is 6.08 Å². The van der Waals surface area contributed by atoms with E-state index in [1.165, 1.54) is 0 Å².